The number of esters is 1. The van der Waals surface area contributed by atoms with Gasteiger partial charge in [0.05, 0.1) is 25.2 Å². The Morgan fingerprint density at radius 3 is 1.34 bits per heavy atom. The Balaban J connectivity index is 4.65. The predicted molar refractivity (Wildman–Crippen MR) is 268 cm³/mol. The number of ether oxygens (including phenoxy) is 1. The second kappa shape index (κ2) is 49.6. The Morgan fingerprint density at radius 1 is 0.484 bits per heavy atom. The van der Waals surface area contributed by atoms with E-state index in [1.54, 1.807) is 0 Å². The number of carbonyl (C=O) groups excluding carboxylic acids is 2. The van der Waals surface area contributed by atoms with E-state index in [-0.39, 0.29) is 24.9 Å². The molecule has 0 spiro atoms. The molecule has 0 aromatic rings. The molecule has 0 aromatic heterocycles. The minimum absolute atomic E-state index is 0.0583. The molecule has 0 heterocycles. The fourth-order valence-electron chi connectivity index (χ4n) is 7.83. The molecule has 360 valence electrons. The highest BCUT2D eigenvalue weighted by atomic mass is 16.5. The van der Waals surface area contributed by atoms with Crippen LogP contribution in [0.15, 0.2) is 60.8 Å². The smallest absolute Gasteiger partial charge is 0.306 e. The van der Waals surface area contributed by atoms with Gasteiger partial charge in [-0.2, -0.15) is 0 Å². The summed E-state index contributed by atoms with van der Waals surface area (Å²) >= 11 is 0. The zero-order chi connectivity index (χ0) is 45.2. The number of carbonyl (C=O) groups is 2. The summed E-state index contributed by atoms with van der Waals surface area (Å²) < 4.78 is 5.93. The Bertz CT molecular complexity index is 1110. The first-order valence-corrected chi connectivity index (χ1v) is 26.5. The van der Waals surface area contributed by atoms with Crippen LogP contribution in [0.1, 0.15) is 258 Å². The summed E-state index contributed by atoms with van der Waals surface area (Å²) in [4.78, 5) is 26.2. The topological polar surface area (TPSA) is 95.9 Å². The molecule has 6 nitrogen and oxygen atoms in total. The van der Waals surface area contributed by atoms with E-state index < -0.39 is 18.2 Å². The highest BCUT2D eigenvalue weighted by Gasteiger charge is 2.24. The molecule has 0 bridgehead atoms. The molecule has 3 atom stereocenters. The summed E-state index contributed by atoms with van der Waals surface area (Å²) in [7, 11) is 0. The normalized spacial score (nSPS) is 13.7. The Morgan fingerprint density at radius 2 is 0.871 bits per heavy atom. The van der Waals surface area contributed by atoms with Gasteiger partial charge in [-0.3, -0.25) is 9.59 Å². The lowest BCUT2D eigenvalue weighted by atomic mass is 10.0. The van der Waals surface area contributed by atoms with Gasteiger partial charge in [0.2, 0.25) is 5.91 Å². The van der Waals surface area contributed by atoms with E-state index in [4.69, 9.17) is 4.74 Å². The first-order chi connectivity index (χ1) is 30.5. The molecular formula is C56H101NO5. The Labute approximate surface area is 384 Å². The molecule has 1 amide bonds. The van der Waals surface area contributed by atoms with Crippen molar-refractivity contribution in [1.82, 2.24) is 5.32 Å². The van der Waals surface area contributed by atoms with Crippen molar-refractivity contribution in [1.29, 1.82) is 0 Å². The lowest BCUT2D eigenvalue weighted by Crippen LogP contribution is -2.46. The predicted octanol–water partition coefficient (Wildman–Crippen LogP) is 16.0. The quantitative estimate of drug-likeness (QED) is 0.0322. The molecular weight excluding hydrogens is 767 g/mol. The van der Waals surface area contributed by atoms with Crippen molar-refractivity contribution in [3.05, 3.63) is 60.8 Å². The van der Waals surface area contributed by atoms with Gasteiger partial charge < -0.3 is 20.3 Å². The van der Waals surface area contributed by atoms with E-state index in [2.05, 4.69) is 86.8 Å². The summed E-state index contributed by atoms with van der Waals surface area (Å²) in [5.41, 5.74) is 0. The van der Waals surface area contributed by atoms with Crippen LogP contribution in [-0.2, 0) is 14.3 Å². The van der Waals surface area contributed by atoms with Crippen LogP contribution in [0.25, 0.3) is 0 Å². The largest absolute Gasteiger partial charge is 0.462 e. The van der Waals surface area contributed by atoms with Crippen LogP contribution in [0.2, 0.25) is 0 Å². The molecule has 0 aliphatic carbocycles. The number of nitrogens with one attached hydrogen (secondary N) is 1. The maximum absolute atomic E-state index is 13.2. The highest BCUT2D eigenvalue weighted by Crippen LogP contribution is 2.17. The van der Waals surface area contributed by atoms with Crippen LogP contribution in [0.3, 0.4) is 0 Å². The van der Waals surface area contributed by atoms with E-state index >= 15 is 0 Å². The summed E-state index contributed by atoms with van der Waals surface area (Å²) in [6.45, 7) is 6.36. The number of allylic oxidation sites excluding steroid dienone is 10. The molecule has 62 heavy (non-hydrogen) atoms. The Hall–Kier alpha value is -2.44. The maximum Gasteiger partial charge on any atom is 0.306 e. The van der Waals surface area contributed by atoms with Gasteiger partial charge >= 0.3 is 5.97 Å². The van der Waals surface area contributed by atoms with E-state index in [1.165, 1.54) is 116 Å². The van der Waals surface area contributed by atoms with E-state index in [0.29, 0.717) is 19.3 Å². The molecule has 6 heteroatoms. The van der Waals surface area contributed by atoms with Gasteiger partial charge in [-0.15, -0.1) is 0 Å². The molecule has 0 fully saturated rings. The second-order valence-electron chi connectivity index (χ2n) is 17.9. The zero-order valence-corrected chi connectivity index (χ0v) is 41.0. The molecule has 0 radical (unpaired) electrons. The average Bonchev–Trinajstić information content (AvgIpc) is 3.26. The number of hydrogen-bond donors (Lipinski definition) is 3. The summed E-state index contributed by atoms with van der Waals surface area (Å²) in [6.07, 6.45) is 61.3. The number of hydrogen-bond acceptors (Lipinski definition) is 5. The van der Waals surface area contributed by atoms with Gasteiger partial charge in [-0.25, -0.2) is 0 Å². The molecule has 0 rings (SSSR count). The third-order valence-corrected chi connectivity index (χ3v) is 11.8. The van der Waals surface area contributed by atoms with Crippen LogP contribution in [0.5, 0.6) is 0 Å². The van der Waals surface area contributed by atoms with Crippen LogP contribution >= 0.6 is 0 Å². The summed E-state index contributed by atoms with van der Waals surface area (Å²) in [5.74, 6) is -0.515. The fourth-order valence-corrected chi connectivity index (χ4v) is 7.83. The van der Waals surface area contributed by atoms with Gasteiger partial charge in [0.15, 0.2) is 0 Å². The number of unbranched alkanes of at least 4 members (excludes halogenated alkanes) is 25. The number of aliphatic hydroxyl groups is 2. The summed E-state index contributed by atoms with van der Waals surface area (Å²) in [5, 5.41) is 23.8. The highest BCUT2D eigenvalue weighted by molar-refractivity contribution is 5.77. The number of rotatable bonds is 47. The zero-order valence-electron chi connectivity index (χ0n) is 41.0. The maximum atomic E-state index is 13.2. The SMILES string of the molecule is CC/C=C/C/C=C/C/C=C/C/C=C/CCCCCC(=O)OC(CCCCCCC/C=C/CCCCCCCC)CC(=O)NC(CO)C(O)CCCCCCCCCCCCCC. The molecule has 0 aliphatic rings. The van der Waals surface area contributed by atoms with Crippen LogP contribution in [0, 0.1) is 0 Å². The van der Waals surface area contributed by atoms with Crippen molar-refractivity contribution in [2.45, 2.75) is 277 Å². The van der Waals surface area contributed by atoms with Gasteiger partial charge in [0.25, 0.3) is 0 Å². The van der Waals surface area contributed by atoms with Crippen LogP contribution in [0.4, 0.5) is 0 Å². The van der Waals surface area contributed by atoms with Gasteiger partial charge in [-0.05, 0) is 89.9 Å². The van der Waals surface area contributed by atoms with Crippen LogP contribution < -0.4 is 5.32 Å². The van der Waals surface area contributed by atoms with E-state index in [9.17, 15) is 19.8 Å². The third kappa shape index (κ3) is 44.2. The van der Waals surface area contributed by atoms with Gasteiger partial charge in [0.1, 0.15) is 6.10 Å². The first-order valence-electron chi connectivity index (χ1n) is 26.5. The molecule has 0 saturated heterocycles. The first kappa shape index (κ1) is 59.6. The van der Waals surface area contributed by atoms with Crippen molar-refractivity contribution in [3.63, 3.8) is 0 Å². The van der Waals surface area contributed by atoms with Crippen molar-refractivity contribution in [2.24, 2.45) is 0 Å². The van der Waals surface area contributed by atoms with Crippen molar-refractivity contribution in [2.75, 3.05) is 6.61 Å². The molecule has 0 aliphatic heterocycles. The Kier molecular flexibility index (Phi) is 47.6. The molecule has 3 N–H and O–H groups in total. The van der Waals surface area contributed by atoms with Crippen molar-refractivity contribution < 1.29 is 24.5 Å². The number of aliphatic hydroxyl groups excluding tert-OH is 2. The lowest BCUT2D eigenvalue weighted by molar-refractivity contribution is -0.151. The molecule has 3 unspecified atom stereocenters. The monoisotopic (exact) mass is 868 g/mol. The molecule has 0 saturated carbocycles. The van der Waals surface area contributed by atoms with Crippen molar-refractivity contribution in [3.8, 4) is 0 Å². The standard InChI is InChI=1S/C56H101NO5/c1-4-7-10-13-16-19-22-25-27-29-31-34-37-40-43-46-49-56(61)62-52(47-44-41-38-35-32-30-28-26-23-20-17-14-11-8-5-2)50-55(60)57-53(51-58)54(59)48-45-42-39-36-33-24-21-18-15-12-9-6-3/h7,10,16,19,25-28,31,34,52-54,58-59H,4-6,8-9,11-15,17-18,20-24,29-30,32-33,35-51H2,1-3H3,(H,57,60)/b10-7+,19-16+,27-25+,28-26+,34-31+. The van der Waals surface area contributed by atoms with E-state index in [0.717, 1.165) is 96.3 Å². The van der Waals surface area contributed by atoms with Gasteiger partial charge in [0, 0.05) is 6.42 Å². The number of amides is 1. The van der Waals surface area contributed by atoms with Gasteiger partial charge in [-0.1, -0.05) is 216 Å². The summed E-state index contributed by atoms with van der Waals surface area (Å²) in [6, 6.07) is -0.711. The third-order valence-electron chi connectivity index (χ3n) is 11.8. The minimum Gasteiger partial charge on any atom is -0.462 e. The fraction of sp³-hybridized carbons (Fsp3) is 0.786. The van der Waals surface area contributed by atoms with Crippen LogP contribution in [-0.4, -0.2) is 46.9 Å². The van der Waals surface area contributed by atoms with Crippen molar-refractivity contribution >= 4 is 11.9 Å². The van der Waals surface area contributed by atoms with E-state index in [1.807, 2.05) is 0 Å². The average molecular weight is 868 g/mol. The second-order valence-corrected chi connectivity index (χ2v) is 17.9. The lowest BCUT2D eigenvalue weighted by Gasteiger charge is -2.24. The molecule has 0 aromatic carbocycles. The minimum atomic E-state index is -0.796.